The zero-order valence-corrected chi connectivity index (χ0v) is 12.0. The topological polar surface area (TPSA) is 99.8 Å². The van der Waals surface area contributed by atoms with Crippen molar-refractivity contribution in [3.63, 3.8) is 0 Å². The van der Waals surface area contributed by atoms with E-state index < -0.39 is 16.0 Å². The van der Waals surface area contributed by atoms with Crippen LogP contribution in [0, 0.1) is 5.92 Å². The number of carboxylic acids is 1. The van der Waals surface area contributed by atoms with Crippen LogP contribution in [0.1, 0.15) is 23.3 Å². The predicted octanol–water partition coefficient (Wildman–Crippen LogP) is 0.116. The van der Waals surface area contributed by atoms with Gasteiger partial charge in [-0.2, -0.15) is 4.31 Å². The van der Waals surface area contributed by atoms with E-state index in [2.05, 4.69) is 0 Å². The summed E-state index contributed by atoms with van der Waals surface area (Å²) in [6.07, 6.45) is 2.62. The van der Waals surface area contributed by atoms with Crippen molar-refractivity contribution in [3.8, 4) is 0 Å². The lowest BCUT2D eigenvalue weighted by Gasteiger charge is -2.15. The number of aryl methyl sites for hydroxylation is 1. The fraction of sp³-hybridized carbons (Fsp3) is 0.583. The first kappa shape index (κ1) is 15.0. The quantitative estimate of drug-likeness (QED) is 0.804. The fourth-order valence-electron chi connectivity index (χ4n) is 2.47. The number of rotatable bonds is 5. The number of aliphatic hydroxyl groups is 1. The molecule has 1 aliphatic heterocycles. The van der Waals surface area contributed by atoms with Crippen LogP contribution in [0.3, 0.4) is 0 Å². The first-order chi connectivity index (χ1) is 9.36. The fourth-order valence-corrected chi connectivity index (χ4v) is 4.07. The van der Waals surface area contributed by atoms with E-state index in [1.54, 1.807) is 0 Å². The highest BCUT2D eigenvalue weighted by atomic mass is 32.2. The van der Waals surface area contributed by atoms with Gasteiger partial charge < -0.3 is 14.8 Å². The summed E-state index contributed by atoms with van der Waals surface area (Å²) in [4.78, 5) is 11.0. The number of aliphatic hydroxyl groups excluding tert-OH is 1. The van der Waals surface area contributed by atoms with Gasteiger partial charge in [0.1, 0.15) is 10.6 Å². The molecule has 2 N–H and O–H groups in total. The van der Waals surface area contributed by atoms with E-state index in [0.717, 1.165) is 6.42 Å². The van der Waals surface area contributed by atoms with Crippen molar-refractivity contribution in [1.29, 1.82) is 0 Å². The molecular weight excluding hydrogens is 284 g/mol. The Kier molecular flexibility index (Phi) is 4.17. The van der Waals surface area contributed by atoms with Gasteiger partial charge in [-0.1, -0.05) is 0 Å². The molecule has 1 saturated heterocycles. The summed E-state index contributed by atoms with van der Waals surface area (Å²) in [5.41, 5.74) is -0.0605. The average Bonchev–Trinajstić information content (AvgIpc) is 2.96. The molecule has 1 atom stereocenters. The number of carboxylic acid groups (broad SMARTS) is 1. The minimum Gasteiger partial charge on any atom is -0.477 e. The normalized spacial score (nSPS) is 20.4. The van der Waals surface area contributed by atoms with E-state index in [1.807, 2.05) is 0 Å². The van der Waals surface area contributed by atoms with E-state index in [1.165, 1.54) is 28.2 Å². The molecule has 1 unspecified atom stereocenters. The maximum Gasteiger partial charge on any atom is 0.352 e. The van der Waals surface area contributed by atoms with Gasteiger partial charge in [-0.3, -0.25) is 0 Å². The SMILES string of the molecule is Cn1cc(S(=O)(=O)N2CCC(CCO)C2)cc1C(=O)O. The lowest BCUT2D eigenvalue weighted by Crippen LogP contribution is -2.28. The van der Waals surface area contributed by atoms with Crippen LogP contribution in [0.2, 0.25) is 0 Å². The first-order valence-corrected chi connectivity index (χ1v) is 7.81. The molecule has 2 rings (SSSR count). The number of sulfonamides is 1. The maximum atomic E-state index is 12.4. The Bertz CT molecular complexity index is 607. The summed E-state index contributed by atoms with van der Waals surface area (Å²) in [5, 5.41) is 17.9. The average molecular weight is 302 g/mol. The van der Waals surface area contributed by atoms with E-state index in [9.17, 15) is 13.2 Å². The summed E-state index contributed by atoms with van der Waals surface area (Å²) in [6.45, 7) is 0.831. The summed E-state index contributed by atoms with van der Waals surface area (Å²) < 4.78 is 27.5. The Labute approximate surface area is 117 Å². The van der Waals surface area contributed by atoms with Crippen molar-refractivity contribution >= 4 is 16.0 Å². The summed E-state index contributed by atoms with van der Waals surface area (Å²) in [6, 6.07) is 1.18. The van der Waals surface area contributed by atoms with Gasteiger partial charge in [-0.15, -0.1) is 0 Å². The van der Waals surface area contributed by atoms with Crippen LogP contribution in [0.15, 0.2) is 17.2 Å². The Morgan fingerprint density at radius 2 is 2.20 bits per heavy atom. The van der Waals surface area contributed by atoms with Crippen molar-refractivity contribution in [1.82, 2.24) is 8.87 Å². The van der Waals surface area contributed by atoms with E-state index in [0.29, 0.717) is 19.5 Å². The molecule has 0 radical (unpaired) electrons. The van der Waals surface area contributed by atoms with Gasteiger partial charge in [0.2, 0.25) is 10.0 Å². The minimum absolute atomic E-state index is 0.00190. The number of aromatic carboxylic acids is 1. The van der Waals surface area contributed by atoms with E-state index in [-0.39, 0.29) is 23.1 Å². The van der Waals surface area contributed by atoms with Crippen LogP contribution >= 0.6 is 0 Å². The molecule has 0 aliphatic carbocycles. The van der Waals surface area contributed by atoms with Gasteiger partial charge in [0.25, 0.3) is 0 Å². The number of hydrogen-bond donors (Lipinski definition) is 2. The second kappa shape index (κ2) is 5.55. The number of carbonyl (C=O) groups is 1. The Morgan fingerprint density at radius 3 is 2.75 bits per heavy atom. The molecule has 8 heteroatoms. The lowest BCUT2D eigenvalue weighted by atomic mass is 10.1. The molecule has 1 aromatic rings. The van der Waals surface area contributed by atoms with Gasteiger partial charge in [0.15, 0.2) is 0 Å². The number of nitrogens with zero attached hydrogens (tertiary/aromatic N) is 2. The molecule has 20 heavy (non-hydrogen) atoms. The molecule has 2 heterocycles. The Hall–Kier alpha value is -1.38. The van der Waals surface area contributed by atoms with Crippen LogP contribution < -0.4 is 0 Å². The van der Waals surface area contributed by atoms with Crippen LogP contribution in [0.4, 0.5) is 0 Å². The van der Waals surface area contributed by atoms with E-state index >= 15 is 0 Å². The second-order valence-corrected chi connectivity index (χ2v) is 6.95. The van der Waals surface area contributed by atoms with Crippen molar-refractivity contribution in [2.24, 2.45) is 13.0 Å². The van der Waals surface area contributed by atoms with Gasteiger partial charge in [-0.05, 0) is 24.8 Å². The Morgan fingerprint density at radius 1 is 1.50 bits per heavy atom. The third-order valence-corrected chi connectivity index (χ3v) is 5.45. The molecule has 0 bridgehead atoms. The third kappa shape index (κ3) is 2.72. The standard InChI is InChI=1S/C12H18N2O5S/c1-13-8-10(6-11(13)12(16)17)20(18,19)14-4-2-9(7-14)3-5-15/h6,8-9,15H,2-5,7H2,1H3,(H,16,17). The maximum absolute atomic E-state index is 12.4. The highest BCUT2D eigenvalue weighted by Crippen LogP contribution is 2.26. The molecule has 0 spiro atoms. The highest BCUT2D eigenvalue weighted by molar-refractivity contribution is 7.89. The molecule has 0 aromatic carbocycles. The van der Waals surface area contributed by atoms with Crippen LogP contribution in [-0.4, -0.2) is 53.2 Å². The molecule has 112 valence electrons. The lowest BCUT2D eigenvalue weighted by molar-refractivity contribution is 0.0686. The Balaban J connectivity index is 2.23. The smallest absolute Gasteiger partial charge is 0.352 e. The van der Waals surface area contributed by atoms with Crippen molar-refractivity contribution in [2.75, 3.05) is 19.7 Å². The van der Waals surface area contributed by atoms with Gasteiger partial charge >= 0.3 is 5.97 Å². The first-order valence-electron chi connectivity index (χ1n) is 6.37. The summed E-state index contributed by atoms with van der Waals surface area (Å²) >= 11 is 0. The molecular formula is C12H18N2O5S. The minimum atomic E-state index is -3.66. The predicted molar refractivity (Wildman–Crippen MR) is 70.9 cm³/mol. The monoisotopic (exact) mass is 302 g/mol. The van der Waals surface area contributed by atoms with Crippen molar-refractivity contribution in [3.05, 3.63) is 18.0 Å². The van der Waals surface area contributed by atoms with E-state index in [4.69, 9.17) is 10.2 Å². The number of hydrogen-bond acceptors (Lipinski definition) is 4. The van der Waals surface area contributed by atoms with Crippen LogP contribution in [0.5, 0.6) is 0 Å². The zero-order valence-electron chi connectivity index (χ0n) is 11.2. The van der Waals surface area contributed by atoms with Gasteiger partial charge in [0, 0.05) is 32.9 Å². The van der Waals surface area contributed by atoms with Gasteiger partial charge in [0.05, 0.1) is 0 Å². The van der Waals surface area contributed by atoms with Gasteiger partial charge in [-0.25, -0.2) is 13.2 Å². The largest absolute Gasteiger partial charge is 0.477 e. The second-order valence-electron chi connectivity index (χ2n) is 5.01. The number of aromatic nitrogens is 1. The van der Waals surface area contributed by atoms with Crippen LogP contribution in [0.25, 0.3) is 0 Å². The molecule has 0 amide bonds. The molecule has 7 nitrogen and oxygen atoms in total. The molecule has 1 aromatic heterocycles. The van der Waals surface area contributed by atoms with Crippen molar-refractivity contribution in [2.45, 2.75) is 17.7 Å². The highest BCUT2D eigenvalue weighted by Gasteiger charge is 2.33. The van der Waals surface area contributed by atoms with Crippen LogP contribution in [-0.2, 0) is 17.1 Å². The van der Waals surface area contributed by atoms with Crippen molar-refractivity contribution < 1.29 is 23.4 Å². The molecule has 1 fully saturated rings. The summed E-state index contributed by atoms with van der Waals surface area (Å²) in [5.74, 6) is -0.994. The molecule has 0 saturated carbocycles. The summed E-state index contributed by atoms with van der Waals surface area (Å²) in [7, 11) is -2.16. The zero-order chi connectivity index (χ0) is 14.9. The third-order valence-electron chi connectivity index (χ3n) is 3.62. The molecule has 1 aliphatic rings.